The van der Waals surface area contributed by atoms with Gasteiger partial charge in [0.15, 0.2) is 0 Å². The van der Waals surface area contributed by atoms with Gasteiger partial charge in [0.05, 0.1) is 5.69 Å². The molecule has 0 atom stereocenters. The highest BCUT2D eigenvalue weighted by molar-refractivity contribution is 5.94. The van der Waals surface area contributed by atoms with Crippen molar-refractivity contribution >= 4 is 11.6 Å². The van der Waals surface area contributed by atoms with Gasteiger partial charge in [0.2, 0.25) is 0 Å². The maximum Gasteiger partial charge on any atom is 0.251 e. The van der Waals surface area contributed by atoms with E-state index in [4.69, 9.17) is 4.74 Å². The number of carbonyl (C=O) groups excluding carboxylic acids is 1. The van der Waals surface area contributed by atoms with E-state index in [9.17, 15) is 4.79 Å². The summed E-state index contributed by atoms with van der Waals surface area (Å²) in [5, 5.41) is 3.01. The summed E-state index contributed by atoms with van der Waals surface area (Å²) in [6, 6.07) is 21.2. The van der Waals surface area contributed by atoms with Gasteiger partial charge in [-0.2, -0.15) is 0 Å². The first-order valence-electron chi connectivity index (χ1n) is 10.2. The molecule has 0 aliphatic rings. The Kier molecular flexibility index (Phi) is 6.29. The van der Waals surface area contributed by atoms with Gasteiger partial charge in [-0.25, -0.2) is 4.98 Å². The first kappa shape index (κ1) is 20.6. The molecule has 158 valence electrons. The highest BCUT2D eigenvalue weighted by Crippen LogP contribution is 2.15. The van der Waals surface area contributed by atoms with Crippen LogP contribution in [-0.4, -0.2) is 34.3 Å². The topological polar surface area (TPSA) is 58.9 Å². The Morgan fingerprint density at radius 3 is 2.48 bits per heavy atom. The zero-order chi connectivity index (χ0) is 21.6. The fraction of sp³-hybridized carbons (Fsp3) is 0.200. The number of hydrogen-bond acceptors (Lipinski definition) is 4. The van der Waals surface area contributed by atoms with Crippen LogP contribution in [0.15, 0.2) is 79.1 Å². The molecule has 0 unspecified atom stereocenters. The molecule has 0 aliphatic carbocycles. The fourth-order valence-electron chi connectivity index (χ4n) is 3.42. The van der Waals surface area contributed by atoms with E-state index >= 15 is 0 Å². The van der Waals surface area contributed by atoms with Crippen LogP contribution >= 0.6 is 0 Å². The molecule has 31 heavy (non-hydrogen) atoms. The summed E-state index contributed by atoms with van der Waals surface area (Å²) in [4.78, 5) is 19.2. The minimum absolute atomic E-state index is 0.105. The van der Waals surface area contributed by atoms with Gasteiger partial charge in [0.25, 0.3) is 5.91 Å². The molecular formula is C25H26N4O2. The van der Waals surface area contributed by atoms with Crippen molar-refractivity contribution < 1.29 is 9.53 Å². The number of hydrogen-bond donors (Lipinski definition) is 1. The largest absolute Gasteiger partial charge is 0.487 e. The zero-order valence-corrected chi connectivity index (χ0v) is 17.8. The van der Waals surface area contributed by atoms with Gasteiger partial charge in [-0.3, -0.25) is 4.79 Å². The van der Waals surface area contributed by atoms with Crippen LogP contribution in [0.1, 0.15) is 27.2 Å². The van der Waals surface area contributed by atoms with Crippen molar-refractivity contribution in [2.45, 2.75) is 19.7 Å². The van der Waals surface area contributed by atoms with Crippen molar-refractivity contribution in [3.05, 3.63) is 102 Å². The van der Waals surface area contributed by atoms with E-state index in [2.05, 4.69) is 27.3 Å². The maximum absolute atomic E-state index is 12.6. The Bertz CT molecular complexity index is 1130. The molecule has 4 aromatic rings. The number of nitrogens with one attached hydrogen (secondary N) is 1. The van der Waals surface area contributed by atoms with E-state index in [-0.39, 0.29) is 5.91 Å². The lowest BCUT2D eigenvalue weighted by Gasteiger charge is -2.14. The number of aromatic nitrogens is 2. The zero-order valence-electron chi connectivity index (χ0n) is 17.8. The van der Waals surface area contributed by atoms with E-state index < -0.39 is 0 Å². The Morgan fingerprint density at radius 2 is 1.74 bits per heavy atom. The van der Waals surface area contributed by atoms with Gasteiger partial charge in [0, 0.05) is 31.0 Å². The summed E-state index contributed by atoms with van der Waals surface area (Å²) in [6.45, 7) is 1.70. The van der Waals surface area contributed by atoms with Crippen LogP contribution in [0.4, 0.5) is 0 Å². The van der Waals surface area contributed by atoms with Gasteiger partial charge in [-0.05, 0) is 61.6 Å². The normalized spacial score (nSPS) is 11.1. The quantitative estimate of drug-likeness (QED) is 0.475. The van der Waals surface area contributed by atoms with Gasteiger partial charge >= 0.3 is 0 Å². The van der Waals surface area contributed by atoms with Crippen LogP contribution in [0.2, 0.25) is 0 Å². The molecule has 2 heterocycles. The Hall–Kier alpha value is -3.64. The lowest BCUT2D eigenvalue weighted by Crippen LogP contribution is -2.24. The number of nitrogens with zero attached hydrogens (tertiary/aromatic N) is 3. The predicted octanol–water partition coefficient (Wildman–Crippen LogP) is 3.90. The molecule has 1 amide bonds. The van der Waals surface area contributed by atoms with Crippen molar-refractivity contribution in [3.8, 4) is 5.75 Å². The van der Waals surface area contributed by atoms with Crippen LogP contribution < -0.4 is 10.1 Å². The second kappa shape index (κ2) is 9.45. The van der Waals surface area contributed by atoms with Crippen LogP contribution in [0.25, 0.3) is 5.65 Å². The molecule has 0 fully saturated rings. The van der Waals surface area contributed by atoms with Crippen LogP contribution in [0.3, 0.4) is 0 Å². The molecule has 2 aromatic carbocycles. The second-order valence-electron chi connectivity index (χ2n) is 7.70. The highest BCUT2D eigenvalue weighted by atomic mass is 16.5. The molecule has 0 bridgehead atoms. The van der Waals surface area contributed by atoms with Gasteiger partial charge in [-0.15, -0.1) is 0 Å². The van der Waals surface area contributed by atoms with Gasteiger partial charge in [0.1, 0.15) is 18.0 Å². The van der Waals surface area contributed by atoms with E-state index in [0.29, 0.717) is 24.5 Å². The van der Waals surface area contributed by atoms with E-state index in [1.807, 2.05) is 73.4 Å². The number of fused-ring (bicyclic) bond motifs is 1. The van der Waals surface area contributed by atoms with E-state index in [1.54, 1.807) is 12.1 Å². The molecule has 0 aliphatic heterocycles. The Balaban J connectivity index is 1.33. The average Bonchev–Trinajstić information content (AvgIpc) is 3.20. The fourth-order valence-corrected chi connectivity index (χ4v) is 3.42. The minimum atomic E-state index is -0.105. The smallest absolute Gasteiger partial charge is 0.251 e. The van der Waals surface area contributed by atoms with Crippen molar-refractivity contribution in [1.29, 1.82) is 0 Å². The molecule has 6 heteroatoms. The summed E-state index contributed by atoms with van der Waals surface area (Å²) in [5.74, 6) is 0.594. The molecular weight excluding hydrogens is 388 g/mol. The highest BCUT2D eigenvalue weighted by Gasteiger charge is 2.09. The van der Waals surface area contributed by atoms with Crippen molar-refractivity contribution in [3.63, 3.8) is 0 Å². The molecule has 2 aromatic heterocycles. The third-order valence-electron chi connectivity index (χ3n) is 4.96. The average molecular weight is 415 g/mol. The van der Waals surface area contributed by atoms with E-state index in [1.165, 1.54) is 5.56 Å². The van der Waals surface area contributed by atoms with E-state index in [0.717, 1.165) is 23.4 Å². The summed E-state index contributed by atoms with van der Waals surface area (Å²) < 4.78 is 7.79. The monoisotopic (exact) mass is 414 g/mol. The van der Waals surface area contributed by atoms with Gasteiger partial charge in [-0.1, -0.05) is 30.3 Å². The number of rotatable bonds is 8. The summed E-state index contributed by atoms with van der Waals surface area (Å²) >= 11 is 0. The van der Waals surface area contributed by atoms with Gasteiger partial charge < -0.3 is 19.4 Å². The SMILES string of the molecule is CN(C)Cc1ccccc1CNC(=O)c1ccc(OCc2cn3ccccc3n2)cc1. The maximum atomic E-state index is 12.6. The molecule has 0 saturated carbocycles. The molecule has 4 rings (SSSR count). The van der Waals surface area contributed by atoms with Crippen molar-refractivity contribution in [2.24, 2.45) is 0 Å². The number of pyridine rings is 1. The molecule has 1 N–H and O–H groups in total. The number of carbonyl (C=O) groups is 1. The summed E-state index contributed by atoms with van der Waals surface area (Å²) in [6.07, 6.45) is 3.91. The minimum Gasteiger partial charge on any atom is -0.487 e. The second-order valence-corrected chi connectivity index (χ2v) is 7.70. The molecule has 0 spiro atoms. The standard InChI is InChI=1S/C25H26N4O2/c1-28(2)16-21-8-4-3-7-20(21)15-26-25(30)19-10-12-23(13-11-19)31-18-22-17-29-14-6-5-9-24(29)27-22/h3-14,17H,15-16,18H2,1-2H3,(H,26,30). The van der Waals surface area contributed by atoms with Crippen molar-refractivity contribution in [1.82, 2.24) is 19.6 Å². The van der Waals surface area contributed by atoms with Crippen LogP contribution in [0, 0.1) is 0 Å². The number of imidazole rings is 1. The first-order valence-corrected chi connectivity index (χ1v) is 10.2. The third kappa shape index (κ3) is 5.29. The third-order valence-corrected chi connectivity index (χ3v) is 4.96. The number of ether oxygens (including phenoxy) is 1. The van der Waals surface area contributed by atoms with Crippen molar-refractivity contribution in [2.75, 3.05) is 14.1 Å². The predicted molar refractivity (Wildman–Crippen MR) is 121 cm³/mol. The Morgan fingerprint density at radius 1 is 1.00 bits per heavy atom. The first-order chi connectivity index (χ1) is 15.1. The molecule has 6 nitrogen and oxygen atoms in total. The molecule has 0 radical (unpaired) electrons. The lowest BCUT2D eigenvalue weighted by atomic mass is 10.1. The number of amides is 1. The Labute approximate surface area is 182 Å². The van der Waals surface area contributed by atoms with Crippen LogP contribution in [0.5, 0.6) is 5.75 Å². The molecule has 0 saturated heterocycles. The number of benzene rings is 2. The summed E-state index contributed by atoms with van der Waals surface area (Å²) in [7, 11) is 4.07. The summed E-state index contributed by atoms with van der Waals surface area (Å²) in [5.41, 5.74) is 4.68. The lowest BCUT2D eigenvalue weighted by molar-refractivity contribution is 0.0950. The van der Waals surface area contributed by atoms with Crippen LogP contribution in [-0.2, 0) is 19.7 Å².